The van der Waals surface area contributed by atoms with Gasteiger partial charge in [-0.25, -0.2) is 14.4 Å². The van der Waals surface area contributed by atoms with Crippen molar-refractivity contribution in [2.24, 2.45) is 14.1 Å². The van der Waals surface area contributed by atoms with E-state index in [2.05, 4.69) is 15.3 Å². The highest BCUT2D eigenvalue weighted by Crippen LogP contribution is 2.29. The molecule has 0 spiro atoms. The summed E-state index contributed by atoms with van der Waals surface area (Å²) in [5.74, 6) is 0.150. The standard InChI is InChI=1S/C18H20FN5O/c1-11(2)21-18-20-10-9-14(22-18)16-15(17(25)24(4)23(16)3)12-5-7-13(19)8-6-12/h5-11H,1-4H3,(H,20,21,22). The lowest BCUT2D eigenvalue weighted by Gasteiger charge is -2.11. The minimum absolute atomic E-state index is 0.166. The van der Waals surface area contributed by atoms with Crippen LogP contribution in [0.15, 0.2) is 41.3 Å². The van der Waals surface area contributed by atoms with Crippen molar-refractivity contribution in [3.05, 3.63) is 52.7 Å². The molecule has 3 aromatic rings. The quantitative estimate of drug-likeness (QED) is 0.792. The molecule has 0 radical (unpaired) electrons. The number of benzene rings is 1. The smallest absolute Gasteiger partial charge is 0.274 e. The molecule has 0 saturated carbocycles. The topological polar surface area (TPSA) is 64.7 Å². The van der Waals surface area contributed by atoms with Gasteiger partial charge in [0.05, 0.1) is 17.0 Å². The predicted molar refractivity (Wildman–Crippen MR) is 95.8 cm³/mol. The van der Waals surface area contributed by atoms with E-state index in [0.29, 0.717) is 28.5 Å². The van der Waals surface area contributed by atoms with Gasteiger partial charge in [-0.1, -0.05) is 12.1 Å². The van der Waals surface area contributed by atoms with Crippen LogP contribution in [0.3, 0.4) is 0 Å². The van der Waals surface area contributed by atoms with Crippen molar-refractivity contribution in [3.63, 3.8) is 0 Å². The second-order valence-electron chi connectivity index (χ2n) is 6.15. The highest BCUT2D eigenvalue weighted by atomic mass is 19.1. The Balaban J connectivity index is 2.21. The molecule has 0 aliphatic rings. The monoisotopic (exact) mass is 341 g/mol. The Morgan fingerprint density at radius 2 is 1.76 bits per heavy atom. The van der Waals surface area contributed by atoms with Gasteiger partial charge in [0.25, 0.3) is 5.56 Å². The lowest BCUT2D eigenvalue weighted by atomic mass is 10.0. The second kappa shape index (κ2) is 6.51. The zero-order valence-corrected chi connectivity index (χ0v) is 14.6. The van der Waals surface area contributed by atoms with Crippen molar-refractivity contribution in [3.8, 4) is 22.5 Å². The number of aromatic nitrogens is 4. The summed E-state index contributed by atoms with van der Waals surface area (Å²) < 4.78 is 16.5. The fourth-order valence-electron chi connectivity index (χ4n) is 2.70. The van der Waals surface area contributed by atoms with E-state index in [9.17, 15) is 9.18 Å². The van der Waals surface area contributed by atoms with Crippen LogP contribution in [0.25, 0.3) is 22.5 Å². The van der Waals surface area contributed by atoms with Crippen LogP contribution in [-0.2, 0) is 14.1 Å². The molecule has 0 fully saturated rings. The van der Waals surface area contributed by atoms with E-state index < -0.39 is 0 Å². The molecule has 7 heteroatoms. The molecule has 0 saturated heterocycles. The maximum atomic E-state index is 13.3. The molecule has 6 nitrogen and oxygen atoms in total. The third-order valence-electron chi connectivity index (χ3n) is 3.97. The lowest BCUT2D eigenvalue weighted by molar-refractivity contribution is 0.583. The largest absolute Gasteiger partial charge is 0.352 e. The second-order valence-corrected chi connectivity index (χ2v) is 6.15. The number of rotatable bonds is 4. The van der Waals surface area contributed by atoms with Crippen LogP contribution in [0.5, 0.6) is 0 Å². The van der Waals surface area contributed by atoms with Crippen LogP contribution in [0.4, 0.5) is 10.3 Å². The highest BCUT2D eigenvalue weighted by Gasteiger charge is 2.20. The van der Waals surface area contributed by atoms with E-state index in [0.717, 1.165) is 0 Å². The van der Waals surface area contributed by atoms with Gasteiger partial charge in [-0.2, -0.15) is 0 Å². The van der Waals surface area contributed by atoms with Gasteiger partial charge in [-0.3, -0.25) is 14.2 Å². The van der Waals surface area contributed by atoms with Crippen molar-refractivity contribution >= 4 is 5.95 Å². The van der Waals surface area contributed by atoms with E-state index in [1.807, 2.05) is 13.8 Å². The molecule has 2 aromatic heterocycles. The summed E-state index contributed by atoms with van der Waals surface area (Å²) in [5.41, 5.74) is 2.25. The van der Waals surface area contributed by atoms with Gasteiger partial charge in [0.15, 0.2) is 0 Å². The van der Waals surface area contributed by atoms with Crippen LogP contribution >= 0.6 is 0 Å². The van der Waals surface area contributed by atoms with E-state index in [1.54, 1.807) is 43.2 Å². The molecular weight excluding hydrogens is 321 g/mol. The first-order valence-electron chi connectivity index (χ1n) is 8.00. The molecule has 2 heterocycles. The molecule has 1 aromatic carbocycles. The third kappa shape index (κ3) is 3.17. The molecule has 0 amide bonds. The number of anilines is 1. The van der Waals surface area contributed by atoms with Gasteiger partial charge in [0, 0.05) is 26.3 Å². The van der Waals surface area contributed by atoms with Crippen molar-refractivity contribution < 1.29 is 4.39 Å². The summed E-state index contributed by atoms with van der Waals surface area (Å²) in [4.78, 5) is 21.5. The fraction of sp³-hybridized carbons (Fsp3) is 0.278. The molecule has 130 valence electrons. The van der Waals surface area contributed by atoms with Gasteiger partial charge in [-0.15, -0.1) is 0 Å². The van der Waals surface area contributed by atoms with Gasteiger partial charge in [-0.05, 0) is 37.6 Å². The van der Waals surface area contributed by atoms with Gasteiger partial charge in [0.2, 0.25) is 5.95 Å². The number of nitrogens with zero attached hydrogens (tertiary/aromatic N) is 4. The maximum Gasteiger partial charge on any atom is 0.274 e. The van der Waals surface area contributed by atoms with Crippen molar-refractivity contribution in [1.82, 2.24) is 19.3 Å². The Labute approximate surface area is 145 Å². The summed E-state index contributed by atoms with van der Waals surface area (Å²) >= 11 is 0. The van der Waals surface area contributed by atoms with Crippen LogP contribution in [0.1, 0.15) is 13.8 Å². The minimum atomic E-state index is -0.344. The molecule has 0 bridgehead atoms. The number of hydrogen-bond donors (Lipinski definition) is 1. The SMILES string of the molecule is CC(C)Nc1nccc(-c2c(-c3ccc(F)cc3)c(=O)n(C)n2C)n1. The first-order valence-corrected chi connectivity index (χ1v) is 8.00. The Kier molecular flexibility index (Phi) is 4.39. The Bertz CT molecular complexity index is 957. The summed E-state index contributed by atoms with van der Waals surface area (Å²) in [5, 5.41) is 3.16. The van der Waals surface area contributed by atoms with E-state index in [4.69, 9.17) is 0 Å². The number of hydrogen-bond acceptors (Lipinski definition) is 4. The molecule has 0 aliphatic heterocycles. The molecule has 25 heavy (non-hydrogen) atoms. The van der Waals surface area contributed by atoms with E-state index in [1.165, 1.54) is 16.8 Å². The minimum Gasteiger partial charge on any atom is -0.352 e. The van der Waals surface area contributed by atoms with Crippen LogP contribution in [0, 0.1) is 5.82 Å². The molecule has 0 atom stereocenters. The van der Waals surface area contributed by atoms with Gasteiger partial charge >= 0.3 is 0 Å². The normalized spacial score (nSPS) is 11.1. The summed E-state index contributed by atoms with van der Waals surface area (Å²) in [6.45, 7) is 4.00. The van der Waals surface area contributed by atoms with Crippen molar-refractivity contribution in [2.75, 3.05) is 5.32 Å². The highest BCUT2D eigenvalue weighted by molar-refractivity contribution is 5.79. The van der Waals surface area contributed by atoms with Crippen molar-refractivity contribution in [1.29, 1.82) is 0 Å². The molecule has 1 N–H and O–H groups in total. The fourth-order valence-corrected chi connectivity index (χ4v) is 2.70. The number of nitrogens with one attached hydrogen (secondary N) is 1. The van der Waals surface area contributed by atoms with Crippen molar-refractivity contribution in [2.45, 2.75) is 19.9 Å². The lowest BCUT2D eigenvalue weighted by Crippen LogP contribution is -2.17. The third-order valence-corrected chi connectivity index (χ3v) is 3.97. The van der Waals surface area contributed by atoms with E-state index >= 15 is 0 Å². The molecule has 0 unspecified atom stereocenters. The van der Waals surface area contributed by atoms with Crippen LogP contribution in [-0.4, -0.2) is 25.4 Å². The Morgan fingerprint density at radius 3 is 2.40 bits per heavy atom. The first-order chi connectivity index (χ1) is 11.9. The number of halogens is 1. The predicted octanol–water partition coefficient (Wildman–Crippen LogP) is 2.81. The summed E-state index contributed by atoms with van der Waals surface area (Å²) in [7, 11) is 3.48. The summed E-state index contributed by atoms with van der Waals surface area (Å²) in [6.07, 6.45) is 1.65. The first kappa shape index (κ1) is 16.9. The van der Waals surface area contributed by atoms with Gasteiger partial charge < -0.3 is 5.32 Å². The molecule has 3 rings (SSSR count). The zero-order chi connectivity index (χ0) is 18.1. The van der Waals surface area contributed by atoms with Crippen LogP contribution < -0.4 is 10.9 Å². The maximum absolute atomic E-state index is 13.3. The average Bonchev–Trinajstić information content (AvgIpc) is 2.79. The summed E-state index contributed by atoms with van der Waals surface area (Å²) in [6, 6.07) is 7.84. The average molecular weight is 341 g/mol. The zero-order valence-electron chi connectivity index (χ0n) is 14.6. The molecule has 0 aliphatic carbocycles. The molecular formula is C18H20FN5O. The Hall–Kier alpha value is -2.96. The van der Waals surface area contributed by atoms with Gasteiger partial charge in [0.1, 0.15) is 5.82 Å². The Morgan fingerprint density at radius 1 is 1.08 bits per heavy atom. The van der Waals surface area contributed by atoms with E-state index in [-0.39, 0.29) is 17.4 Å². The van der Waals surface area contributed by atoms with Crippen LogP contribution in [0.2, 0.25) is 0 Å².